The standard InChI is InChI=1S/C11H23NO3/c1-10(2)12-4-5-14-9-11(8-12)15-7-6-13-3/h10-11H,4-9H2,1-3H3/t11-/m1/s1. The van der Waals surface area contributed by atoms with E-state index in [0.717, 1.165) is 19.7 Å². The van der Waals surface area contributed by atoms with Crippen molar-refractivity contribution in [1.29, 1.82) is 0 Å². The SMILES string of the molecule is COCCO[C@H]1COCCN(C(C)C)C1. The van der Waals surface area contributed by atoms with Gasteiger partial charge in [-0.05, 0) is 13.8 Å². The monoisotopic (exact) mass is 217 g/mol. The summed E-state index contributed by atoms with van der Waals surface area (Å²) in [5.41, 5.74) is 0. The molecule has 1 aliphatic rings. The summed E-state index contributed by atoms with van der Waals surface area (Å²) in [6, 6.07) is 0.556. The Balaban J connectivity index is 2.29. The van der Waals surface area contributed by atoms with Gasteiger partial charge in [-0.25, -0.2) is 0 Å². The maximum Gasteiger partial charge on any atom is 0.0936 e. The maximum absolute atomic E-state index is 5.69. The van der Waals surface area contributed by atoms with Crippen molar-refractivity contribution in [3.05, 3.63) is 0 Å². The minimum Gasteiger partial charge on any atom is -0.382 e. The first-order valence-electron chi connectivity index (χ1n) is 5.66. The number of ether oxygens (including phenoxy) is 3. The van der Waals surface area contributed by atoms with Gasteiger partial charge in [0.2, 0.25) is 0 Å². The molecule has 0 amide bonds. The molecule has 0 bridgehead atoms. The fraction of sp³-hybridized carbons (Fsp3) is 1.00. The lowest BCUT2D eigenvalue weighted by molar-refractivity contribution is -0.0261. The summed E-state index contributed by atoms with van der Waals surface area (Å²) in [6.45, 7) is 9.18. The van der Waals surface area contributed by atoms with Gasteiger partial charge in [0.25, 0.3) is 0 Å². The topological polar surface area (TPSA) is 30.9 Å². The van der Waals surface area contributed by atoms with Gasteiger partial charge >= 0.3 is 0 Å². The van der Waals surface area contributed by atoms with Gasteiger partial charge in [0.15, 0.2) is 0 Å². The van der Waals surface area contributed by atoms with Crippen molar-refractivity contribution >= 4 is 0 Å². The van der Waals surface area contributed by atoms with Crippen LogP contribution >= 0.6 is 0 Å². The van der Waals surface area contributed by atoms with Crippen LogP contribution in [0.3, 0.4) is 0 Å². The van der Waals surface area contributed by atoms with Crippen molar-refractivity contribution in [2.45, 2.75) is 26.0 Å². The van der Waals surface area contributed by atoms with E-state index in [-0.39, 0.29) is 6.10 Å². The van der Waals surface area contributed by atoms with Crippen molar-refractivity contribution in [3.8, 4) is 0 Å². The Morgan fingerprint density at radius 1 is 1.40 bits per heavy atom. The molecule has 1 rings (SSSR count). The van der Waals surface area contributed by atoms with Gasteiger partial charge in [0.1, 0.15) is 0 Å². The quantitative estimate of drug-likeness (QED) is 0.636. The van der Waals surface area contributed by atoms with E-state index in [0.29, 0.717) is 25.9 Å². The van der Waals surface area contributed by atoms with E-state index < -0.39 is 0 Å². The van der Waals surface area contributed by atoms with Gasteiger partial charge in [0.05, 0.1) is 32.5 Å². The Morgan fingerprint density at radius 3 is 2.87 bits per heavy atom. The molecule has 0 aromatic carbocycles. The lowest BCUT2D eigenvalue weighted by atomic mass is 10.2. The van der Waals surface area contributed by atoms with Crippen molar-refractivity contribution in [1.82, 2.24) is 4.90 Å². The highest BCUT2D eigenvalue weighted by atomic mass is 16.5. The number of nitrogens with zero attached hydrogens (tertiary/aromatic N) is 1. The summed E-state index contributed by atoms with van der Waals surface area (Å²) in [6.07, 6.45) is 0.185. The molecule has 90 valence electrons. The zero-order valence-electron chi connectivity index (χ0n) is 10.1. The third-order valence-electron chi connectivity index (χ3n) is 2.64. The van der Waals surface area contributed by atoms with E-state index in [1.54, 1.807) is 7.11 Å². The molecule has 0 aromatic rings. The average Bonchev–Trinajstić information content (AvgIpc) is 2.44. The molecule has 1 fully saturated rings. The molecule has 1 saturated heterocycles. The van der Waals surface area contributed by atoms with E-state index in [2.05, 4.69) is 18.7 Å². The first kappa shape index (κ1) is 12.9. The first-order chi connectivity index (χ1) is 7.24. The lowest BCUT2D eigenvalue weighted by Gasteiger charge is -2.26. The molecule has 0 saturated carbocycles. The summed E-state index contributed by atoms with van der Waals surface area (Å²) in [7, 11) is 1.69. The second-order valence-electron chi connectivity index (χ2n) is 4.15. The van der Waals surface area contributed by atoms with Crippen LogP contribution in [0.4, 0.5) is 0 Å². The third kappa shape index (κ3) is 4.93. The molecule has 0 aliphatic carbocycles. The van der Waals surface area contributed by atoms with Crippen LogP contribution in [0.5, 0.6) is 0 Å². The lowest BCUT2D eigenvalue weighted by Crippen LogP contribution is -2.39. The van der Waals surface area contributed by atoms with Crippen LogP contribution in [-0.4, -0.2) is 63.7 Å². The zero-order chi connectivity index (χ0) is 11.1. The molecule has 4 nitrogen and oxygen atoms in total. The minimum atomic E-state index is 0.185. The van der Waals surface area contributed by atoms with Gasteiger partial charge in [-0.1, -0.05) is 0 Å². The number of hydrogen-bond donors (Lipinski definition) is 0. The summed E-state index contributed by atoms with van der Waals surface area (Å²) in [5.74, 6) is 0. The van der Waals surface area contributed by atoms with E-state index in [4.69, 9.17) is 14.2 Å². The van der Waals surface area contributed by atoms with Gasteiger partial charge < -0.3 is 14.2 Å². The van der Waals surface area contributed by atoms with Crippen LogP contribution in [-0.2, 0) is 14.2 Å². The second kappa shape index (κ2) is 7.17. The van der Waals surface area contributed by atoms with Crippen molar-refractivity contribution in [2.24, 2.45) is 0 Å². The summed E-state index contributed by atoms with van der Waals surface area (Å²) >= 11 is 0. The summed E-state index contributed by atoms with van der Waals surface area (Å²) in [4.78, 5) is 2.39. The molecule has 0 spiro atoms. The Labute approximate surface area is 92.5 Å². The molecular weight excluding hydrogens is 194 g/mol. The van der Waals surface area contributed by atoms with Crippen LogP contribution in [0.15, 0.2) is 0 Å². The smallest absolute Gasteiger partial charge is 0.0936 e. The Bertz CT molecular complexity index is 164. The van der Waals surface area contributed by atoms with Gasteiger partial charge in [-0.15, -0.1) is 0 Å². The Kier molecular flexibility index (Phi) is 6.17. The average molecular weight is 217 g/mol. The molecule has 1 heterocycles. The van der Waals surface area contributed by atoms with Gasteiger partial charge in [0, 0.05) is 26.2 Å². The predicted octanol–water partition coefficient (Wildman–Crippen LogP) is 0.759. The first-order valence-corrected chi connectivity index (χ1v) is 5.66. The third-order valence-corrected chi connectivity index (χ3v) is 2.64. The Morgan fingerprint density at radius 2 is 2.20 bits per heavy atom. The highest BCUT2D eigenvalue weighted by Gasteiger charge is 2.20. The fourth-order valence-electron chi connectivity index (χ4n) is 1.67. The predicted molar refractivity (Wildman–Crippen MR) is 59.1 cm³/mol. The minimum absolute atomic E-state index is 0.185. The van der Waals surface area contributed by atoms with E-state index in [1.807, 2.05) is 0 Å². The van der Waals surface area contributed by atoms with E-state index in [1.165, 1.54) is 0 Å². The second-order valence-corrected chi connectivity index (χ2v) is 4.15. The molecule has 4 heteroatoms. The molecule has 1 aliphatic heterocycles. The van der Waals surface area contributed by atoms with Crippen molar-refractivity contribution in [3.63, 3.8) is 0 Å². The van der Waals surface area contributed by atoms with Gasteiger partial charge in [-0.3, -0.25) is 4.90 Å². The van der Waals surface area contributed by atoms with Crippen LogP contribution in [0, 0.1) is 0 Å². The van der Waals surface area contributed by atoms with Crippen LogP contribution in [0.1, 0.15) is 13.8 Å². The normalized spacial score (nSPS) is 24.4. The van der Waals surface area contributed by atoms with E-state index >= 15 is 0 Å². The number of methoxy groups -OCH3 is 1. The van der Waals surface area contributed by atoms with Crippen molar-refractivity contribution in [2.75, 3.05) is 46.6 Å². The highest BCUT2D eigenvalue weighted by molar-refractivity contribution is 4.72. The van der Waals surface area contributed by atoms with Crippen molar-refractivity contribution < 1.29 is 14.2 Å². The molecule has 0 aromatic heterocycles. The molecule has 0 unspecified atom stereocenters. The molecule has 0 N–H and O–H groups in total. The Hall–Kier alpha value is -0.160. The number of hydrogen-bond acceptors (Lipinski definition) is 4. The molecule has 15 heavy (non-hydrogen) atoms. The van der Waals surface area contributed by atoms with Crippen LogP contribution in [0.25, 0.3) is 0 Å². The number of rotatable bonds is 5. The van der Waals surface area contributed by atoms with Crippen LogP contribution in [0.2, 0.25) is 0 Å². The highest BCUT2D eigenvalue weighted by Crippen LogP contribution is 2.07. The van der Waals surface area contributed by atoms with Gasteiger partial charge in [-0.2, -0.15) is 0 Å². The van der Waals surface area contributed by atoms with E-state index in [9.17, 15) is 0 Å². The summed E-state index contributed by atoms with van der Waals surface area (Å²) in [5, 5.41) is 0. The molecule has 1 atom stereocenters. The molecule has 0 radical (unpaired) electrons. The largest absolute Gasteiger partial charge is 0.382 e. The maximum atomic E-state index is 5.69. The fourth-order valence-corrected chi connectivity index (χ4v) is 1.67. The molecular formula is C11H23NO3. The van der Waals surface area contributed by atoms with Crippen LogP contribution < -0.4 is 0 Å². The zero-order valence-corrected chi connectivity index (χ0v) is 10.1. The summed E-state index contributed by atoms with van der Waals surface area (Å²) < 4.78 is 16.2.